The first-order chi connectivity index (χ1) is 11.2. The molecular formula is C15H12Cl3NO4S. The molecule has 128 valence electrons. The number of sulfonamides is 1. The van der Waals surface area contributed by atoms with Gasteiger partial charge < -0.3 is 4.74 Å². The summed E-state index contributed by atoms with van der Waals surface area (Å²) in [6.45, 7) is 1.39. The SMILES string of the molecule is CC(Oc1ccc(Cl)cc1Cl)C(=O)NS(=O)(=O)c1ccccc1Cl. The second kappa shape index (κ2) is 7.61. The largest absolute Gasteiger partial charge is 0.479 e. The molecule has 24 heavy (non-hydrogen) atoms. The summed E-state index contributed by atoms with van der Waals surface area (Å²) in [5.41, 5.74) is 0. The Labute approximate surface area is 154 Å². The zero-order chi connectivity index (χ0) is 17.9. The van der Waals surface area contributed by atoms with E-state index < -0.39 is 22.0 Å². The van der Waals surface area contributed by atoms with Crippen molar-refractivity contribution in [3.63, 3.8) is 0 Å². The lowest BCUT2D eigenvalue weighted by Gasteiger charge is -2.16. The molecule has 1 amide bonds. The summed E-state index contributed by atoms with van der Waals surface area (Å²) in [4.78, 5) is 11.9. The van der Waals surface area contributed by atoms with Crippen LogP contribution < -0.4 is 9.46 Å². The first-order valence-electron chi connectivity index (χ1n) is 6.63. The van der Waals surface area contributed by atoms with E-state index in [4.69, 9.17) is 39.5 Å². The van der Waals surface area contributed by atoms with Gasteiger partial charge in [-0.25, -0.2) is 13.1 Å². The third kappa shape index (κ3) is 4.54. The maximum atomic E-state index is 12.2. The van der Waals surface area contributed by atoms with Crippen LogP contribution in [0.4, 0.5) is 0 Å². The van der Waals surface area contributed by atoms with E-state index in [9.17, 15) is 13.2 Å². The van der Waals surface area contributed by atoms with Gasteiger partial charge in [0.05, 0.1) is 10.0 Å². The van der Waals surface area contributed by atoms with Crippen LogP contribution >= 0.6 is 34.8 Å². The van der Waals surface area contributed by atoms with Crippen molar-refractivity contribution in [1.29, 1.82) is 0 Å². The molecule has 0 heterocycles. The highest BCUT2D eigenvalue weighted by molar-refractivity contribution is 7.90. The van der Waals surface area contributed by atoms with Crippen LogP contribution in [-0.2, 0) is 14.8 Å². The highest BCUT2D eigenvalue weighted by Gasteiger charge is 2.25. The minimum atomic E-state index is -4.11. The molecule has 0 aromatic heterocycles. The molecule has 0 saturated heterocycles. The van der Waals surface area contributed by atoms with Crippen molar-refractivity contribution in [2.24, 2.45) is 0 Å². The van der Waals surface area contributed by atoms with Gasteiger partial charge in [-0.05, 0) is 37.3 Å². The van der Waals surface area contributed by atoms with Crippen molar-refractivity contribution in [3.05, 3.63) is 57.5 Å². The van der Waals surface area contributed by atoms with Crippen LogP contribution in [0.2, 0.25) is 15.1 Å². The van der Waals surface area contributed by atoms with E-state index in [1.54, 1.807) is 6.07 Å². The molecule has 0 saturated carbocycles. The lowest BCUT2D eigenvalue weighted by atomic mass is 10.3. The average molecular weight is 409 g/mol. The van der Waals surface area contributed by atoms with Gasteiger partial charge in [0.2, 0.25) is 0 Å². The van der Waals surface area contributed by atoms with Gasteiger partial charge in [-0.1, -0.05) is 46.9 Å². The molecule has 1 atom stereocenters. The Morgan fingerprint density at radius 1 is 1.08 bits per heavy atom. The third-order valence-electron chi connectivity index (χ3n) is 2.93. The second-order valence-corrected chi connectivity index (χ2v) is 7.64. The van der Waals surface area contributed by atoms with Crippen LogP contribution in [0, 0.1) is 0 Å². The minimum Gasteiger partial charge on any atom is -0.479 e. The number of ether oxygens (including phenoxy) is 1. The first kappa shape index (κ1) is 18.9. The number of benzene rings is 2. The molecule has 1 N–H and O–H groups in total. The Balaban J connectivity index is 2.12. The molecule has 0 aliphatic heterocycles. The fourth-order valence-electron chi connectivity index (χ4n) is 1.75. The molecule has 0 radical (unpaired) electrons. The first-order valence-corrected chi connectivity index (χ1v) is 9.25. The molecule has 2 aromatic carbocycles. The van der Waals surface area contributed by atoms with Crippen LogP contribution in [0.15, 0.2) is 47.4 Å². The van der Waals surface area contributed by atoms with E-state index in [1.807, 2.05) is 4.72 Å². The maximum absolute atomic E-state index is 12.2. The summed E-state index contributed by atoms with van der Waals surface area (Å²) in [5.74, 6) is -0.653. The number of carbonyl (C=O) groups is 1. The Morgan fingerprint density at radius 2 is 1.75 bits per heavy atom. The van der Waals surface area contributed by atoms with Gasteiger partial charge in [0.1, 0.15) is 10.6 Å². The highest BCUT2D eigenvalue weighted by atomic mass is 35.5. The summed E-state index contributed by atoms with van der Waals surface area (Å²) in [7, 11) is -4.11. The number of halogens is 3. The fraction of sp³-hybridized carbons (Fsp3) is 0.133. The number of hydrogen-bond donors (Lipinski definition) is 1. The number of nitrogens with one attached hydrogen (secondary N) is 1. The monoisotopic (exact) mass is 407 g/mol. The fourth-order valence-corrected chi connectivity index (χ4v) is 3.76. The molecule has 0 bridgehead atoms. The van der Waals surface area contributed by atoms with Crippen molar-refractivity contribution in [2.75, 3.05) is 0 Å². The zero-order valence-electron chi connectivity index (χ0n) is 12.3. The molecule has 2 rings (SSSR count). The van der Waals surface area contributed by atoms with Crippen molar-refractivity contribution in [2.45, 2.75) is 17.9 Å². The molecule has 0 aliphatic rings. The van der Waals surface area contributed by atoms with E-state index in [0.29, 0.717) is 5.02 Å². The standard InChI is InChI=1S/C15H12Cl3NO4S/c1-9(23-13-7-6-10(16)8-12(13)18)15(20)19-24(21,22)14-5-3-2-4-11(14)17/h2-9H,1H3,(H,19,20). The van der Waals surface area contributed by atoms with Crippen LogP contribution in [0.1, 0.15) is 6.92 Å². The van der Waals surface area contributed by atoms with E-state index >= 15 is 0 Å². The van der Waals surface area contributed by atoms with Gasteiger partial charge in [-0.2, -0.15) is 0 Å². The van der Waals surface area contributed by atoms with Crippen molar-refractivity contribution in [3.8, 4) is 5.75 Å². The molecule has 1 unspecified atom stereocenters. The predicted octanol–water partition coefficient (Wildman–Crippen LogP) is 3.92. The van der Waals surface area contributed by atoms with Crippen LogP contribution in [0.3, 0.4) is 0 Å². The average Bonchev–Trinajstić information content (AvgIpc) is 2.49. The Bertz CT molecular complexity index is 871. The van der Waals surface area contributed by atoms with E-state index in [1.165, 1.54) is 43.3 Å². The molecule has 0 aliphatic carbocycles. The lowest BCUT2D eigenvalue weighted by molar-refractivity contribution is -0.125. The summed E-state index contributed by atoms with van der Waals surface area (Å²) in [5, 5.41) is 0.619. The van der Waals surface area contributed by atoms with Gasteiger partial charge in [0, 0.05) is 5.02 Å². The molecule has 0 spiro atoms. The zero-order valence-corrected chi connectivity index (χ0v) is 15.4. The highest BCUT2D eigenvalue weighted by Crippen LogP contribution is 2.28. The van der Waals surface area contributed by atoms with Crippen LogP contribution in [0.5, 0.6) is 5.75 Å². The molecule has 9 heteroatoms. The molecule has 2 aromatic rings. The number of hydrogen-bond acceptors (Lipinski definition) is 4. The number of amides is 1. The van der Waals surface area contributed by atoms with Crippen molar-refractivity contribution >= 4 is 50.7 Å². The maximum Gasteiger partial charge on any atom is 0.274 e. The van der Waals surface area contributed by atoms with Crippen molar-refractivity contribution in [1.82, 2.24) is 4.72 Å². The third-order valence-corrected chi connectivity index (χ3v) is 5.31. The van der Waals surface area contributed by atoms with E-state index in [0.717, 1.165) is 0 Å². The topological polar surface area (TPSA) is 72.5 Å². The van der Waals surface area contributed by atoms with Gasteiger partial charge in [0.15, 0.2) is 6.10 Å². The Kier molecular flexibility index (Phi) is 5.98. The molecule has 0 fully saturated rings. The normalized spacial score (nSPS) is 12.5. The number of rotatable bonds is 5. The van der Waals surface area contributed by atoms with Gasteiger partial charge in [0.25, 0.3) is 15.9 Å². The molecular weight excluding hydrogens is 397 g/mol. The van der Waals surface area contributed by atoms with E-state index in [-0.39, 0.29) is 20.7 Å². The van der Waals surface area contributed by atoms with Crippen LogP contribution in [0.25, 0.3) is 0 Å². The van der Waals surface area contributed by atoms with Crippen molar-refractivity contribution < 1.29 is 17.9 Å². The Hall–Kier alpha value is -1.47. The summed E-state index contributed by atoms with van der Waals surface area (Å²) in [6, 6.07) is 10.2. The smallest absolute Gasteiger partial charge is 0.274 e. The Morgan fingerprint density at radius 3 is 2.38 bits per heavy atom. The minimum absolute atomic E-state index is 0.00659. The second-order valence-electron chi connectivity index (χ2n) is 4.73. The summed E-state index contributed by atoms with van der Waals surface area (Å²) >= 11 is 17.6. The van der Waals surface area contributed by atoms with Crippen LogP contribution in [-0.4, -0.2) is 20.4 Å². The van der Waals surface area contributed by atoms with Gasteiger partial charge in [-0.15, -0.1) is 0 Å². The quantitative estimate of drug-likeness (QED) is 0.814. The van der Waals surface area contributed by atoms with Gasteiger partial charge in [-0.3, -0.25) is 4.79 Å². The predicted molar refractivity (Wildman–Crippen MR) is 93.3 cm³/mol. The lowest BCUT2D eigenvalue weighted by Crippen LogP contribution is -2.40. The van der Waals surface area contributed by atoms with Gasteiger partial charge >= 0.3 is 0 Å². The number of carbonyl (C=O) groups excluding carboxylic acids is 1. The van der Waals surface area contributed by atoms with E-state index in [2.05, 4.69) is 0 Å². The summed E-state index contributed by atoms with van der Waals surface area (Å²) < 4.78 is 31.7. The summed E-state index contributed by atoms with van der Waals surface area (Å²) in [6.07, 6.45) is -1.11. The molecule has 5 nitrogen and oxygen atoms in total.